The van der Waals surface area contributed by atoms with Crippen LogP contribution in [0.4, 0.5) is 5.82 Å². The number of thiazole rings is 1. The summed E-state index contributed by atoms with van der Waals surface area (Å²) in [6.07, 6.45) is 12.5. The van der Waals surface area contributed by atoms with Gasteiger partial charge in [0.1, 0.15) is 5.82 Å². The number of piperidine rings is 1. The number of nitrogens with two attached hydrogens (primary N) is 1. The number of carbonyl (C=O) groups is 3. The van der Waals surface area contributed by atoms with E-state index in [4.69, 9.17) is 5.73 Å². The van der Waals surface area contributed by atoms with Crippen LogP contribution in [-0.4, -0.2) is 70.2 Å². The van der Waals surface area contributed by atoms with Crippen LogP contribution in [0.25, 0.3) is 6.08 Å². The lowest BCUT2D eigenvalue weighted by molar-refractivity contribution is -0.137. The molecule has 3 amide bonds. The molecule has 5 heterocycles. The molecule has 3 aliphatic rings. The second-order valence-electron chi connectivity index (χ2n) is 9.61. The van der Waals surface area contributed by atoms with Gasteiger partial charge < -0.3 is 20.9 Å². The van der Waals surface area contributed by atoms with Crippen molar-refractivity contribution >= 4 is 41.0 Å². The van der Waals surface area contributed by atoms with Gasteiger partial charge >= 0.3 is 0 Å². The highest BCUT2D eigenvalue weighted by Crippen LogP contribution is 2.41. The van der Waals surface area contributed by atoms with Crippen LogP contribution in [0.15, 0.2) is 41.6 Å². The smallest absolute Gasteiger partial charge is 0.246 e. The summed E-state index contributed by atoms with van der Waals surface area (Å²) in [5.41, 5.74) is 8.04. The van der Waals surface area contributed by atoms with Crippen molar-refractivity contribution in [3.05, 3.63) is 57.7 Å². The number of nitrogens with one attached hydrogen (secondary N) is 1. The van der Waals surface area contributed by atoms with E-state index in [0.29, 0.717) is 51.3 Å². The SMILES string of the molecule is CC.NCC(=O)N1CCC2(CC1)Cc1cc(/C=C/C(=O)N3CC=C(Cc4nccs4)CC3)cnc1NC2=O. The molecule has 3 N–H and O–H groups in total. The van der Waals surface area contributed by atoms with E-state index >= 15 is 0 Å². The largest absolute Gasteiger partial charge is 0.342 e. The number of amides is 3. The number of hydrogen-bond acceptors (Lipinski definition) is 7. The van der Waals surface area contributed by atoms with Gasteiger partial charge in [-0.2, -0.15) is 0 Å². The highest BCUT2D eigenvalue weighted by molar-refractivity contribution is 7.09. The first-order valence-corrected chi connectivity index (χ1v) is 14.2. The molecule has 2 aromatic heterocycles. The van der Waals surface area contributed by atoms with Gasteiger partial charge in [-0.3, -0.25) is 14.4 Å². The number of pyridine rings is 1. The molecule has 202 valence electrons. The Morgan fingerprint density at radius 1 is 1.18 bits per heavy atom. The van der Waals surface area contributed by atoms with Crippen molar-refractivity contribution in [2.45, 2.75) is 46.0 Å². The molecule has 0 aromatic carbocycles. The van der Waals surface area contributed by atoms with Gasteiger partial charge in [0.2, 0.25) is 17.7 Å². The fourth-order valence-corrected chi connectivity index (χ4v) is 5.82. The Morgan fingerprint density at radius 3 is 2.63 bits per heavy atom. The number of anilines is 1. The molecule has 10 heteroatoms. The molecule has 0 atom stereocenters. The molecule has 3 aliphatic heterocycles. The van der Waals surface area contributed by atoms with Gasteiger partial charge in [-0.15, -0.1) is 11.3 Å². The fraction of sp³-hybridized carbons (Fsp3) is 0.464. The third-order valence-electron chi connectivity index (χ3n) is 7.37. The van der Waals surface area contributed by atoms with Crippen LogP contribution >= 0.6 is 11.3 Å². The zero-order valence-electron chi connectivity index (χ0n) is 22.1. The maximum atomic E-state index is 12.9. The van der Waals surface area contributed by atoms with Crippen molar-refractivity contribution < 1.29 is 14.4 Å². The maximum Gasteiger partial charge on any atom is 0.246 e. The topological polar surface area (TPSA) is 122 Å². The average molecular weight is 537 g/mol. The van der Waals surface area contributed by atoms with Crippen molar-refractivity contribution in [3.63, 3.8) is 0 Å². The normalized spacial score (nSPS) is 18.4. The fourth-order valence-electron chi connectivity index (χ4n) is 5.15. The summed E-state index contributed by atoms with van der Waals surface area (Å²) in [5, 5.41) is 6.04. The lowest BCUT2D eigenvalue weighted by atomic mass is 9.71. The van der Waals surface area contributed by atoms with E-state index in [9.17, 15) is 14.4 Å². The van der Waals surface area contributed by atoms with Gasteiger partial charge in [-0.25, -0.2) is 9.97 Å². The lowest BCUT2D eigenvalue weighted by Crippen LogP contribution is -2.52. The van der Waals surface area contributed by atoms with Gasteiger partial charge in [0.05, 0.1) is 17.0 Å². The Kier molecular flexibility index (Phi) is 9.06. The Morgan fingerprint density at radius 2 is 1.97 bits per heavy atom. The summed E-state index contributed by atoms with van der Waals surface area (Å²) in [4.78, 5) is 49.9. The standard InChI is InChI=1S/C26H30N6O3S.C2H6/c27-16-23(34)32-10-5-26(6-11-32)15-20-13-19(17-29-24(20)30-25(26)35)1-2-22(33)31-8-3-18(4-9-31)14-21-28-7-12-36-21;1-2/h1-3,7,12-13,17H,4-6,8-11,14-16,27H2,(H,29,30,35);1-2H3/b2-1+;. The number of nitrogens with zero attached hydrogens (tertiary/aromatic N) is 4. The summed E-state index contributed by atoms with van der Waals surface area (Å²) < 4.78 is 0. The molecule has 5 rings (SSSR count). The number of fused-ring (bicyclic) bond motifs is 1. The highest BCUT2D eigenvalue weighted by Gasteiger charge is 2.45. The maximum absolute atomic E-state index is 12.9. The van der Waals surface area contributed by atoms with Crippen molar-refractivity contribution in [1.82, 2.24) is 19.8 Å². The molecular formula is C28H36N6O3S. The zero-order valence-corrected chi connectivity index (χ0v) is 22.9. The first kappa shape index (κ1) is 27.7. The molecule has 0 saturated carbocycles. The molecule has 0 radical (unpaired) electrons. The minimum atomic E-state index is -0.547. The summed E-state index contributed by atoms with van der Waals surface area (Å²) in [7, 11) is 0. The summed E-state index contributed by atoms with van der Waals surface area (Å²) in [6, 6.07) is 1.99. The van der Waals surface area contributed by atoms with Crippen LogP contribution in [0.3, 0.4) is 0 Å². The number of likely N-dealkylation sites (tertiary alicyclic amines) is 1. The summed E-state index contributed by atoms with van der Waals surface area (Å²) in [5.74, 6) is 0.427. The van der Waals surface area contributed by atoms with Crippen LogP contribution in [0, 0.1) is 5.41 Å². The predicted molar refractivity (Wildman–Crippen MR) is 149 cm³/mol. The Labute approximate surface area is 227 Å². The third kappa shape index (κ3) is 6.19. The Hall–Kier alpha value is -3.37. The van der Waals surface area contributed by atoms with Gasteiger partial charge in [0.25, 0.3) is 0 Å². The highest BCUT2D eigenvalue weighted by atomic mass is 32.1. The van der Waals surface area contributed by atoms with Crippen LogP contribution in [-0.2, 0) is 27.2 Å². The number of aromatic nitrogens is 2. The number of hydrogen-bond donors (Lipinski definition) is 2. The van der Waals surface area contributed by atoms with Crippen molar-refractivity contribution in [1.29, 1.82) is 0 Å². The number of rotatable bonds is 5. The Bertz CT molecular complexity index is 1220. The van der Waals surface area contributed by atoms with E-state index in [-0.39, 0.29) is 24.3 Å². The monoisotopic (exact) mass is 536 g/mol. The van der Waals surface area contributed by atoms with Crippen LogP contribution in [0.5, 0.6) is 0 Å². The van der Waals surface area contributed by atoms with Gasteiger partial charge in [-0.05, 0) is 49.0 Å². The minimum Gasteiger partial charge on any atom is -0.342 e. The van der Waals surface area contributed by atoms with Crippen molar-refractivity contribution in [2.75, 3.05) is 38.0 Å². The molecule has 1 saturated heterocycles. The molecule has 2 aromatic rings. The molecule has 0 aliphatic carbocycles. The van der Waals surface area contributed by atoms with Gasteiger partial charge in [0, 0.05) is 56.4 Å². The first-order valence-electron chi connectivity index (χ1n) is 13.3. The second-order valence-corrected chi connectivity index (χ2v) is 10.6. The van der Waals surface area contributed by atoms with E-state index in [1.807, 2.05) is 36.4 Å². The quantitative estimate of drug-likeness (QED) is 0.448. The molecular weight excluding hydrogens is 500 g/mol. The second kappa shape index (κ2) is 12.4. The van der Waals surface area contributed by atoms with Crippen LogP contribution in [0.2, 0.25) is 0 Å². The summed E-state index contributed by atoms with van der Waals surface area (Å²) in [6.45, 7) is 6.33. The molecule has 1 spiro atoms. The molecule has 38 heavy (non-hydrogen) atoms. The first-order chi connectivity index (χ1) is 18.5. The Balaban J connectivity index is 0.00000164. The lowest BCUT2D eigenvalue weighted by Gasteiger charge is -2.43. The third-order valence-corrected chi connectivity index (χ3v) is 8.15. The molecule has 0 bridgehead atoms. The van der Waals surface area contributed by atoms with Gasteiger partial charge in [-0.1, -0.05) is 25.5 Å². The molecule has 0 unspecified atom stereocenters. The predicted octanol–water partition coefficient (Wildman–Crippen LogP) is 3.04. The average Bonchev–Trinajstić information content (AvgIpc) is 3.47. The van der Waals surface area contributed by atoms with E-state index in [2.05, 4.69) is 21.4 Å². The van der Waals surface area contributed by atoms with Crippen LogP contribution < -0.4 is 11.1 Å². The van der Waals surface area contributed by atoms with Crippen molar-refractivity contribution in [3.8, 4) is 0 Å². The zero-order chi connectivity index (χ0) is 27.1. The van der Waals surface area contributed by atoms with E-state index in [0.717, 1.165) is 29.0 Å². The van der Waals surface area contributed by atoms with E-state index in [1.54, 1.807) is 34.6 Å². The van der Waals surface area contributed by atoms with Crippen molar-refractivity contribution in [2.24, 2.45) is 11.1 Å². The summed E-state index contributed by atoms with van der Waals surface area (Å²) >= 11 is 1.66. The minimum absolute atomic E-state index is 0.0120. The van der Waals surface area contributed by atoms with Crippen LogP contribution in [0.1, 0.15) is 49.2 Å². The van der Waals surface area contributed by atoms with E-state index < -0.39 is 5.41 Å². The van der Waals surface area contributed by atoms with E-state index in [1.165, 1.54) is 5.57 Å². The number of carbonyl (C=O) groups excluding carboxylic acids is 3. The molecule has 9 nitrogen and oxygen atoms in total. The van der Waals surface area contributed by atoms with Gasteiger partial charge in [0.15, 0.2) is 0 Å². The molecule has 1 fully saturated rings.